The summed E-state index contributed by atoms with van der Waals surface area (Å²) < 4.78 is 0. The summed E-state index contributed by atoms with van der Waals surface area (Å²) in [5, 5.41) is 9.95. The zero-order chi connectivity index (χ0) is 10.9. The van der Waals surface area contributed by atoms with Crippen molar-refractivity contribution in [3.63, 3.8) is 0 Å². The maximum atomic E-state index is 9.58. The molecule has 86 valence electrons. The third-order valence-corrected chi connectivity index (χ3v) is 2.52. The van der Waals surface area contributed by atoms with Crippen LogP contribution >= 0.6 is 24.0 Å². The molecule has 3 N–H and O–H groups in total. The van der Waals surface area contributed by atoms with Gasteiger partial charge in [-0.05, 0) is 17.0 Å². The van der Waals surface area contributed by atoms with E-state index in [1.165, 1.54) is 0 Å². The first-order chi connectivity index (χ1) is 6.36. The van der Waals surface area contributed by atoms with Crippen LogP contribution in [-0.2, 0) is 12.0 Å². The Balaban J connectivity index is 0.00000196. The van der Waals surface area contributed by atoms with Gasteiger partial charge in [0.15, 0.2) is 0 Å². The van der Waals surface area contributed by atoms with E-state index in [2.05, 4.69) is 20.8 Å². The molecule has 0 amide bonds. The third-order valence-electron chi connectivity index (χ3n) is 2.23. The number of phenolic OH excluding ortho intramolecular Hbond substituents is 1. The standard InChI is InChI=1S/C11H16ClNO.ClH/c1-11(2,3)8-4-7(6-13)10(14)9(12)5-8;/h4-5,14H,6,13H2,1-3H3;1H. The second kappa shape index (κ2) is 5.06. The summed E-state index contributed by atoms with van der Waals surface area (Å²) in [4.78, 5) is 0. The Kier molecular flexibility index (Phi) is 4.91. The summed E-state index contributed by atoms with van der Waals surface area (Å²) in [5.74, 6) is 0.0992. The first kappa shape index (κ1) is 14.6. The van der Waals surface area contributed by atoms with E-state index < -0.39 is 0 Å². The SMILES string of the molecule is CC(C)(C)c1cc(Cl)c(O)c(CN)c1.Cl. The fourth-order valence-electron chi connectivity index (χ4n) is 1.24. The second-order valence-corrected chi connectivity index (χ2v) is 4.83. The molecule has 0 aliphatic rings. The van der Waals surface area contributed by atoms with Crippen LogP contribution in [0.1, 0.15) is 31.9 Å². The van der Waals surface area contributed by atoms with Crippen LogP contribution in [0.5, 0.6) is 5.75 Å². The van der Waals surface area contributed by atoms with Gasteiger partial charge in [0, 0.05) is 12.1 Å². The largest absolute Gasteiger partial charge is 0.506 e. The average molecular weight is 250 g/mol. The molecule has 0 radical (unpaired) electrons. The van der Waals surface area contributed by atoms with Crippen molar-refractivity contribution in [3.05, 3.63) is 28.3 Å². The summed E-state index contributed by atoms with van der Waals surface area (Å²) in [5.41, 5.74) is 7.31. The molecule has 0 saturated heterocycles. The molecule has 0 aliphatic carbocycles. The van der Waals surface area contributed by atoms with Gasteiger partial charge >= 0.3 is 0 Å². The Morgan fingerprint density at radius 3 is 2.27 bits per heavy atom. The van der Waals surface area contributed by atoms with Crippen LogP contribution in [0.2, 0.25) is 5.02 Å². The maximum absolute atomic E-state index is 9.58. The van der Waals surface area contributed by atoms with Crippen LogP contribution in [-0.4, -0.2) is 5.11 Å². The summed E-state index contributed by atoms with van der Waals surface area (Å²) in [6.45, 7) is 6.58. The molecule has 0 unspecified atom stereocenters. The maximum Gasteiger partial charge on any atom is 0.138 e. The predicted octanol–water partition coefficient (Wildman–Crippen LogP) is 3.22. The van der Waals surface area contributed by atoms with Gasteiger partial charge < -0.3 is 10.8 Å². The molecular formula is C11H17Cl2NO. The lowest BCUT2D eigenvalue weighted by Gasteiger charge is -2.20. The topological polar surface area (TPSA) is 46.2 Å². The first-order valence-electron chi connectivity index (χ1n) is 4.58. The van der Waals surface area contributed by atoms with Gasteiger partial charge in [0.2, 0.25) is 0 Å². The predicted molar refractivity (Wildman–Crippen MR) is 67.0 cm³/mol. The number of halogens is 2. The highest BCUT2D eigenvalue weighted by Crippen LogP contribution is 2.33. The van der Waals surface area contributed by atoms with Gasteiger partial charge in [-0.15, -0.1) is 12.4 Å². The lowest BCUT2D eigenvalue weighted by Crippen LogP contribution is -2.12. The molecule has 4 heteroatoms. The zero-order valence-corrected chi connectivity index (χ0v) is 10.7. The molecule has 0 atom stereocenters. The van der Waals surface area contributed by atoms with Crippen molar-refractivity contribution in [1.29, 1.82) is 0 Å². The van der Waals surface area contributed by atoms with Crippen molar-refractivity contribution in [2.45, 2.75) is 32.7 Å². The van der Waals surface area contributed by atoms with Crippen molar-refractivity contribution in [2.24, 2.45) is 5.73 Å². The van der Waals surface area contributed by atoms with Gasteiger partial charge in [-0.3, -0.25) is 0 Å². The molecule has 0 heterocycles. The molecule has 0 aliphatic heterocycles. The smallest absolute Gasteiger partial charge is 0.138 e. The lowest BCUT2D eigenvalue weighted by atomic mass is 9.86. The van der Waals surface area contributed by atoms with E-state index in [0.29, 0.717) is 17.1 Å². The second-order valence-electron chi connectivity index (χ2n) is 4.42. The number of hydrogen-bond donors (Lipinski definition) is 2. The number of aromatic hydroxyl groups is 1. The third kappa shape index (κ3) is 3.26. The molecule has 1 aromatic carbocycles. The van der Waals surface area contributed by atoms with Crippen LogP contribution < -0.4 is 5.73 Å². The van der Waals surface area contributed by atoms with Crippen molar-refractivity contribution in [3.8, 4) is 5.75 Å². The quantitative estimate of drug-likeness (QED) is 0.803. The van der Waals surface area contributed by atoms with Crippen molar-refractivity contribution in [1.82, 2.24) is 0 Å². The van der Waals surface area contributed by atoms with Crippen molar-refractivity contribution >= 4 is 24.0 Å². The van der Waals surface area contributed by atoms with Gasteiger partial charge in [0.1, 0.15) is 5.75 Å². The van der Waals surface area contributed by atoms with Crippen LogP contribution in [0.4, 0.5) is 0 Å². The van der Waals surface area contributed by atoms with E-state index in [1.807, 2.05) is 6.07 Å². The minimum absolute atomic E-state index is 0. The van der Waals surface area contributed by atoms with Gasteiger partial charge in [-0.25, -0.2) is 0 Å². The molecule has 0 fully saturated rings. The Morgan fingerprint density at radius 2 is 1.87 bits per heavy atom. The Labute approximate surface area is 102 Å². The van der Waals surface area contributed by atoms with Crippen molar-refractivity contribution < 1.29 is 5.11 Å². The summed E-state index contributed by atoms with van der Waals surface area (Å²) in [6.07, 6.45) is 0. The van der Waals surface area contributed by atoms with Crippen LogP contribution in [0, 0.1) is 0 Å². The minimum Gasteiger partial charge on any atom is -0.506 e. The minimum atomic E-state index is 0. The van der Waals surface area contributed by atoms with Crippen molar-refractivity contribution in [2.75, 3.05) is 0 Å². The van der Waals surface area contributed by atoms with Crippen LogP contribution in [0.15, 0.2) is 12.1 Å². The normalized spacial score (nSPS) is 11.0. The molecule has 0 aromatic heterocycles. The Bertz CT molecular complexity index is 345. The van der Waals surface area contributed by atoms with E-state index in [0.717, 1.165) is 5.56 Å². The van der Waals surface area contributed by atoms with Gasteiger partial charge in [-0.1, -0.05) is 38.4 Å². The van der Waals surface area contributed by atoms with Gasteiger partial charge in [-0.2, -0.15) is 0 Å². The number of phenols is 1. The Morgan fingerprint density at radius 1 is 1.33 bits per heavy atom. The molecule has 1 rings (SSSR count). The summed E-state index contributed by atoms with van der Waals surface area (Å²) in [7, 11) is 0. The highest BCUT2D eigenvalue weighted by molar-refractivity contribution is 6.32. The fourth-order valence-corrected chi connectivity index (χ4v) is 1.48. The number of nitrogens with two attached hydrogens (primary N) is 1. The highest BCUT2D eigenvalue weighted by Gasteiger charge is 2.17. The first-order valence-corrected chi connectivity index (χ1v) is 4.96. The fraction of sp³-hybridized carbons (Fsp3) is 0.455. The number of hydrogen-bond acceptors (Lipinski definition) is 2. The molecule has 15 heavy (non-hydrogen) atoms. The van der Waals surface area contributed by atoms with Gasteiger partial charge in [0.25, 0.3) is 0 Å². The molecule has 2 nitrogen and oxygen atoms in total. The molecule has 0 spiro atoms. The summed E-state index contributed by atoms with van der Waals surface area (Å²) >= 11 is 5.90. The Hall–Kier alpha value is -0.440. The molecule has 0 bridgehead atoms. The molecular weight excluding hydrogens is 233 g/mol. The zero-order valence-electron chi connectivity index (χ0n) is 9.17. The monoisotopic (exact) mass is 249 g/mol. The number of benzene rings is 1. The lowest BCUT2D eigenvalue weighted by molar-refractivity contribution is 0.467. The van der Waals surface area contributed by atoms with Crippen LogP contribution in [0.3, 0.4) is 0 Å². The van der Waals surface area contributed by atoms with Crippen LogP contribution in [0.25, 0.3) is 0 Å². The average Bonchev–Trinajstić information content (AvgIpc) is 2.07. The van der Waals surface area contributed by atoms with E-state index in [9.17, 15) is 5.11 Å². The van der Waals surface area contributed by atoms with E-state index in [1.54, 1.807) is 6.07 Å². The van der Waals surface area contributed by atoms with E-state index in [4.69, 9.17) is 17.3 Å². The molecule has 1 aromatic rings. The van der Waals surface area contributed by atoms with E-state index in [-0.39, 0.29) is 23.6 Å². The summed E-state index contributed by atoms with van der Waals surface area (Å²) in [6, 6.07) is 3.69. The van der Waals surface area contributed by atoms with Gasteiger partial charge in [0.05, 0.1) is 5.02 Å². The highest BCUT2D eigenvalue weighted by atomic mass is 35.5. The molecule has 0 saturated carbocycles. The number of rotatable bonds is 1. The van der Waals surface area contributed by atoms with E-state index >= 15 is 0 Å².